The molecule has 0 saturated heterocycles. The fourth-order valence-electron chi connectivity index (χ4n) is 3.33. The van der Waals surface area contributed by atoms with E-state index in [1.54, 1.807) is 0 Å². The molecule has 2 aliphatic carbocycles. The summed E-state index contributed by atoms with van der Waals surface area (Å²) in [5.41, 5.74) is 7.11. The van der Waals surface area contributed by atoms with E-state index in [0.717, 1.165) is 12.8 Å². The Balaban J connectivity index is 1.80. The Morgan fingerprint density at radius 2 is 2.14 bits per heavy atom. The van der Waals surface area contributed by atoms with Crippen molar-refractivity contribution in [2.75, 3.05) is 0 Å². The molecule has 1 aromatic rings. The second kappa shape index (κ2) is 6.23. The zero-order valence-electron chi connectivity index (χ0n) is 12.7. The largest absolute Gasteiger partial charge is 0.381 e. The SMILES string of the molecule is CCC1=CCC(NC2CCc3cccc(Br)c32)=CC=C1C. The summed E-state index contributed by atoms with van der Waals surface area (Å²) in [5, 5.41) is 3.76. The van der Waals surface area contributed by atoms with Crippen LogP contribution in [0, 0.1) is 0 Å². The van der Waals surface area contributed by atoms with Crippen molar-refractivity contribution in [3.8, 4) is 0 Å². The highest BCUT2D eigenvalue weighted by Crippen LogP contribution is 2.37. The summed E-state index contributed by atoms with van der Waals surface area (Å²) >= 11 is 3.71. The Hall–Kier alpha value is -1.28. The summed E-state index contributed by atoms with van der Waals surface area (Å²) in [6.45, 7) is 4.43. The minimum atomic E-state index is 0.437. The molecule has 0 saturated carbocycles. The van der Waals surface area contributed by atoms with Crippen LogP contribution in [0.5, 0.6) is 0 Å². The molecule has 2 aliphatic rings. The van der Waals surface area contributed by atoms with Crippen molar-refractivity contribution in [2.24, 2.45) is 0 Å². The number of hydrogen-bond acceptors (Lipinski definition) is 1. The summed E-state index contributed by atoms with van der Waals surface area (Å²) in [6.07, 6.45) is 11.3. The molecule has 1 aromatic carbocycles. The van der Waals surface area contributed by atoms with Crippen molar-refractivity contribution in [1.29, 1.82) is 0 Å². The first-order valence-electron chi connectivity index (χ1n) is 7.79. The van der Waals surface area contributed by atoms with Crippen LogP contribution in [0.25, 0.3) is 0 Å². The number of aryl methyl sites for hydroxylation is 1. The molecule has 1 nitrogen and oxygen atoms in total. The number of hydrogen-bond donors (Lipinski definition) is 1. The highest BCUT2D eigenvalue weighted by molar-refractivity contribution is 9.10. The van der Waals surface area contributed by atoms with Crippen molar-refractivity contribution in [3.05, 3.63) is 68.9 Å². The van der Waals surface area contributed by atoms with Gasteiger partial charge in [-0.3, -0.25) is 0 Å². The van der Waals surface area contributed by atoms with Gasteiger partial charge in [0.25, 0.3) is 0 Å². The van der Waals surface area contributed by atoms with Crippen molar-refractivity contribution in [1.82, 2.24) is 5.32 Å². The number of halogens is 1. The maximum absolute atomic E-state index is 3.76. The Labute approximate surface area is 136 Å². The smallest absolute Gasteiger partial charge is 0.0528 e. The molecule has 3 rings (SSSR count). The van der Waals surface area contributed by atoms with Gasteiger partial charge in [0.05, 0.1) is 6.04 Å². The van der Waals surface area contributed by atoms with E-state index in [4.69, 9.17) is 0 Å². The van der Waals surface area contributed by atoms with E-state index < -0.39 is 0 Å². The standard InChI is InChI=1S/C19H22BrN/c1-3-14-8-11-16(10-7-13(14)2)21-18-12-9-15-5-4-6-17(20)19(15)18/h4-8,10,18,21H,3,9,11-12H2,1-2H3. The Kier molecular flexibility index (Phi) is 4.34. The average Bonchev–Trinajstić information content (AvgIpc) is 2.80. The number of nitrogens with one attached hydrogen (secondary N) is 1. The lowest BCUT2D eigenvalue weighted by Gasteiger charge is -2.18. The van der Waals surface area contributed by atoms with Gasteiger partial charge in [0, 0.05) is 16.6 Å². The molecule has 0 amide bonds. The molecule has 1 N–H and O–H groups in total. The van der Waals surface area contributed by atoms with Crippen LogP contribution in [0.15, 0.2) is 57.7 Å². The van der Waals surface area contributed by atoms with Crippen LogP contribution >= 0.6 is 15.9 Å². The van der Waals surface area contributed by atoms with Gasteiger partial charge in [0.1, 0.15) is 0 Å². The van der Waals surface area contributed by atoms with E-state index in [0.29, 0.717) is 6.04 Å². The van der Waals surface area contributed by atoms with E-state index in [9.17, 15) is 0 Å². The van der Waals surface area contributed by atoms with Crippen LogP contribution in [0.3, 0.4) is 0 Å². The first kappa shape index (κ1) is 14.6. The van der Waals surface area contributed by atoms with Crippen molar-refractivity contribution < 1.29 is 0 Å². The van der Waals surface area contributed by atoms with Gasteiger partial charge in [-0.1, -0.05) is 47.1 Å². The molecule has 0 heterocycles. The van der Waals surface area contributed by atoms with Gasteiger partial charge in [0.15, 0.2) is 0 Å². The number of rotatable bonds is 3. The third kappa shape index (κ3) is 3.01. The lowest BCUT2D eigenvalue weighted by Crippen LogP contribution is -2.18. The zero-order valence-corrected chi connectivity index (χ0v) is 14.3. The number of benzene rings is 1. The topological polar surface area (TPSA) is 12.0 Å². The van der Waals surface area contributed by atoms with Gasteiger partial charge in [-0.05, 0) is 60.6 Å². The zero-order chi connectivity index (χ0) is 14.8. The van der Waals surface area contributed by atoms with E-state index in [-0.39, 0.29) is 0 Å². The first-order chi connectivity index (χ1) is 10.2. The molecule has 2 heteroatoms. The summed E-state index contributed by atoms with van der Waals surface area (Å²) in [7, 11) is 0. The van der Waals surface area contributed by atoms with Gasteiger partial charge in [-0.15, -0.1) is 0 Å². The predicted molar refractivity (Wildman–Crippen MR) is 93.2 cm³/mol. The molecule has 1 atom stereocenters. The van der Waals surface area contributed by atoms with Crippen molar-refractivity contribution in [3.63, 3.8) is 0 Å². The Morgan fingerprint density at radius 3 is 2.95 bits per heavy atom. The normalized spacial score (nSPS) is 21.1. The molecule has 1 unspecified atom stereocenters. The molecular weight excluding hydrogens is 322 g/mol. The summed E-state index contributed by atoms with van der Waals surface area (Å²) in [4.78, 5) is 0. The molecule has 0 aliphatic heterocycles. The van der Waals surface area contributed by atoms with Gasteiger partial charge in [-0.25, -0.2) is 0 Å². The molecule has 0 fully saturated rings. The highest BCUT2D eigenvalue weighted by atomic mass is 79.9. The molecular formula is C19H22BrN. The van der Waals surface area contributed by atoms with E-state index in [1.165, 1.54) is 45.3 Å². The van der Waals surface area contributed by atoms with Crippen molar-refractivity contribution >= 4 is 15.9 Å². The molecule has 0 bridgehead atoms. The van der Waals surface area contributed by atoms with Crippen LogP contribution in [0.4, 0.5) is 0 Å². The van der Waals surface area contributed by atoms with Crippen molar-refractivity contribution in [2.45, 2.75) is 45.6 Å². The minimum absolute atomic E-state index is 0.437. The molecule has 0 aromatic heterocycles. The molecule has 0 radical (unpaired) electrons. The van der Waals surface area contributed by atoms with Gasteiger partial charge >= 0.3 is 0 Å². The van der Waals surface area contributed by atoms with Gasteiger partial charge in [0.2, 0.25) is 0 Å². The van der Waals surface area contributed by atoms with Gasteiger partial charge in [-0.2, -0.15) is 0 Å². The Bertz CT molecular complexity index is 637. The maximum atomic E-state index is 3.76. The van der Waals surface area contributed by atoms with Crippen LogP contribution < -0.4 is 5.32 Å². The average molecular weight is 344 g/mol. The lowest BCUT2D eigenvalue weighted by atomic mass is 10.1. The highest BCUT2D eigenvalue weighted by Gasteiger charge is 2.24. The van der Waals surface area contributed by atoms with E-state index >= 15 is 0 Å². The van der Waals surface area contributed by atoms with Gasteiger partial charge < -0.3 is 5.32 Å². The predicted octanol–water partition coefficient (Wildman–Crippen LogP) is 5.60. The third-order valence-corrected chi connectivity index (χ3v) is 5.24. The van der Waals surface area contributed by atoms with E-state index in [2.05, 4.69) is 71.5 Å². The molecule has 21 heavy (non-hydrogen) atoms. The van der Waals surface area contributed by atoms with Crippen LogP contribution in [-0.2, 0) is 6.42 Å². The molecule has 110 valence electrons. The second-order valence-electron chi connectivity index (χ2n) is 5.88. The fourth-order valence-corrected chi connectivity index (χ4v) is 4.01. The lowest BCUT2D eigenvalue weighted by molar-refractivity contribution is 0.584. The first-order valence-corrected chi connectivity index (χ1v) is 8.59. The fraction of sp³-hybridized carbons (Fsp3) is 0.368. The maximum Gasteiger partial charge on any atom is 0.0528 e. The van der Waals surface area contributed by atoms with Crippen LogP contribution in [0.2, 0.25) is 0 Å². The minimum Gasteiger partial charge on any atom is -0.381 e. The quantitative estimate of drug-likeness (QED) is 0.753. The summed E-state index contributed by atoms with van der Waals surface area (Å²) in [5.74, 6) is 0. The van der Waals surface area contributed by atoms with Crippen LogP contribution in [-0.4, -0.2) is 0 Å². The second-order valence-corrected chi connectivity index (χ2v) is 6.73. The third-order valence-electron chi connectivity index (χ3n) is 4.54. The Morgan fingerprint density at radius 1 is 1.29 bits per heavy atom. The van der Waals surface area contributed by atoms with E-state index in [1.807, 2.05) is 0 Å². The monoisotopic (exact) mass is 343 g/mol. The molecule has 0 spiro atoms. The summed E-state index contributed by atoms with van der Waals surface area (Å²) in [6, 6.07) is 6.98. The number of fused-ring (bicyclic) bond motifs is 1. The number of allylic oxidation sites excluding steroid dienone is 5. The van der Waals surface area contributed by atoms with Crippen LogP contribution in [0.1, 0.15) is 50.3 Å². The summed E-state index contributed by atoms with van der Waals surface area (Å²) < 4.78 is 1.24.